The quantitative estimate of drug-likeness (QED) is 0.844. The highest BCUT2D eigenvalue weighted by atomic mass is 16.5. The molecule has 24 heavy (non-hydrogen) atoms. The third-order valence-electron chi connectivity index (χ3n) is 5.26. The number of amides is 1. The number of nitrogens with zero attached hydrogens (tertiary/aromatic N) is 5. The maximum Gasteiger partial charge on any atom is 0.249 e. The summed E-state index contributed by atoms with van der Waals surface area (Å²) in [6, 6.07) is -0.0685. The maximum atomic E-state index is 13.2. The van der Waals surface area contributed by atoms with Crippen molar-refractivity contribution in [2.24, 2.45) is 5.92 Å². The second-order valence-corrected chi connectivity index (χ2v) is 6.86. The van der Waals surface area contributed by atoms with Gasteiger partial charge in [0.25, 0.3) is 0 Å². The Morgan fingerprint density at radius 1 is 1.25 bits per heavy atom. The average molecular weight is 329 g/mol. The van der Waals surface area contributed by atoms with Gasteiger partial charge in [-0.2, -0.15) is 4.98 Å². The molecule has 0 bridgehead atoms. The lowest BCUT2D eigenvalue weighted by Crippen LogP contribution is -2.43. The van der Waals surface area contributed by atoms with Crippen LogP contribution in [0.1, 0.15) is 55.0 Å². The van der Waals surface area contributed by atoms with Gasteiger partial charge >= 0.3 is 0 Å². The summed E-state index contributed by atoms with van der Waals surface area (Å²) in [5.41, 5.74) is 1.17. The zero-order valence-corrected chi connectivity index (χ0v) is 14.2. The van der Waals surface area contributed by atoms with Crippen LogP contribution in [-0.4, -0.2) is 37.0 Å². The van der Waals surface area contributed by atoms with Crippen LogP contribution in [0.5, 0.6) is 0 Å². The van der Waals surface area contributed by atoms with Crippen LogP contribution < -0.4 is 0 Å². The van der Waals surface area contributed by atoms with Crippen molar-refractivity contribution in [1.29, 1.82) is 0 Å². The van der Waals surface area contributed by atoms with Crippen LogP contribution in [0.15, 0.2) is 10.7 Å². The normalized spacial score (nSPS) is 24.0. The summed E-state index contributed by atoms with van der Waals surface area (Å²) in [5, 5.41) is 3.89. The van der Waals surface area contributed by atoms with Crippen LogP contribution in [-0.2, 0) is 17.8 Å². The second-order valence-electron chi connectivity index (χ2n) is 6.86. The zero-order valence-electron chi connectivity index (χ0n) is 14.2. The highest BCUT2D eigenvalue weighted by Gasteiger charge is 2.36. The first kappa shape index (κ1) is 15.4. The molecule has 0 N–H and O–H groups in total. The van der Waals surface area contributed by atoms with Crippen molar-refractivity contribution in [3.05, 3.63) is 29.4 Å². The SMILES string of the molecule is Cc1noc(C2CCCCN2C(=O)C2CCn3c(cnc3C)C2)n1. The smallest absolute Gasteiger partial charge is 0.249 e. The van der Waals surface area contributed by atoms with Crippen molar-refractivity contribution in [2.75, 3.05) is 6.54 Å². The molecule has 7 nitrogen and oxygen atoms in total. The number of piperidine rings is 1. The summed E-state index contributed by atoms with van der Waals surface area (Å²) in [6.45, 7) is 5.48. The molecule has 2 atom stereocenters. The second kappa shape index (κ2) is 6.03. The lowest BCUT2D eigenvalue weighted by atomic mass is 9.92. The van der Waals surface area contributed by atoms with E-state index in [0.29, 0.717) is 11.7 Å². The Hall–Kier alpha value is -2.18. The van der Waals surface area contributed by atoms with Crippen LogP contribution in [0.3, 0.4) is 0 Å². The van der Waals surface area contributed by atoms with Gasteiger partial charge < -0.3 is 14.0 Å². The van der Waals surface area contributed by atoms with E-state index in [9.17, 15) is 4.79 Å². The molecule has 128 valence electrons. The monoisotopic (exact) mass is 329 g/mol. The van der Waals surface area contributed by atoms with Gasteiger partial charge in [-0.05, 0) is 39.5 Å². The van der Waals surface area contributed by atoms with Gasteiger partial charge in [-0.3, -0.25) is 4.79 Å². The molecule has 2 unspecified atom stereocenters. The van der Waals surface area contributed by atoms with Crippen molar-refractivity contribution in [3.8, 4) is 0 Å². The molecule has 7 heteroatoms. The predicted octanol–water partition coefficient (Wildman–Crippen LogP) is 2.20. The molecule has 0 saturated carbocycles. The molecule has 0 aromatic carbocycles. The van der Waals surface area contributed by atoms with Crippen LogP contribution in [0.4, 0.5) is 0 Å². The summed E-state index contributed by atoms with van der Waals surface area (Å²) in [4.78, 5) is 23.9. The maximum absolute atomic E-state index is 13.2. The van der Waals surface area contributed by atoms with Gasteiger partial charge in [0.1, 0.15) is 11.9 Å². The fourth-order valence-electron chi connectivity index (χ4n) is 3.97. The largest absolute Gasteiger partial charge is 0.337 e. The summed E-state index contributed by atoms with van der Waals surface area (Å²) in [7, 11) is 0. The fraction of sp³-hybridized carbons (Fsp3) is 0.647. The van der Waals surface area contributed by atoms with Crippen LogP contribution in [0, 0.1) is 19.8 Å². The Bertz CT molecular complexity index is 750. The van der Waals surface area contributed by atoms with Gasteiger partial charge in [0.15, 0.2) is 5.82 Å². The number of hydrogen-bond donors (Lipinski definition) is 0. The molecule has 1 amide bonds. The van der Waals surface area contributed by atoms with Gasteiger partial charge in [-0.15, -0.1) is 0 Å². The summed E-state index contributed by atoms with van der Waals surface area (Å²) in [5.74, 6) is 2.49. The van der Waals surface area contributed by atoms with Crippen molar-refractivity contribution in [3.63, 3.8) is 0 Å². The van der Waals surface area contributed by atoms with Crippen molar-refractivity contribution >= 4 is 5.91 Å². The fourth-order valence-corrected chi connectivity index (χ4v) is 3.97. The van der Waals surface area contributed by atoms with Crippen molar-refractivity contribution in [2.45, 2.75) is 58.5 Å². The van der Waals surface area contributed by atoms with E-state index in [2.05, 4.69) is 19.7 Å². The summed E-state index contributed by atoms with van der Waals surface area (Å²) in [6.07, 6.45) is 6.58. The first-order valence-corrected chi connectivity index (χ1v) is 8.75. The molecule has 2 aromatic heterocycles. The number of likely N-dealkylation sites (tertiary alicyclic amines) is 1. The number of imidazole rings is 1. The van der Waals surface area contributed by atoms with Gasteiger partial charge in [0, 0.05) is 37.3 Å². The van der Waals surface area contributed by atoms with Crippen molar-refractivity contribution in [1.82, 2.24) is 24.6 Å². The Balaban J connectivity index is 1.54. The minimum atomic E-state index is -0.0685. The number of aryl methyl sites for hydroxylation is 2. The molecule has 2 aliphatic heterocycles. The molecule has 0 spiro atoms. The number of carbonyl (C=O) groups is 1. The van der Waals surface area contributed by atoms with Crippen molar-refractivity contribution < 1.29 is 9.32 Å². The lowest BCUT2D eigenvalue weighted by Gasteiger charge is -2.37. The third kappa shape index (κ3) is 2.61. The molecule has 4 heterocycles. The minimum Gasteiger partial charge on any atom is -0.337 e. The van der Waals surface area contributed by atoms with Crippen LogP contribution in [0.25, 0.3) is 0 Å². The number of aromatic nitrogens is 4. The topological polar surface area (TPSA) is 77.0 Å². The first-order valence-electron chi connectivity index (χ1n) is 8.75. The molecule has 1 saturated heterocycles. The number of rotatable bonds is 2. The van der Waals surface area contributed by atoms with E-state index >= 15 is 0 Å². The minimum absolute atomic E-state index is 0.0261. The molecule has 1 fully saturated rings. The highest BCUT2D eigenvalue weighted by Crippen LogP contribution is 2.33. The Morgan fingerprint density at radius 2 is 2.12 bits per heavy atom. The molecular weight excluding hydrogens is 306 g/mol. The van der Waals surface area contributed by atoms with E-state index in [4.69, 9.17) is 4.52 Å². The molecule has 0 radical (unpaired) electrons. The molecular formula is C17H23N5O2. The Morgan fingerprint density at radius 3 is 2.92 bits per heavy atom. The van der Waals surface area contributed by atoms with Gasteiger partial charge in [0.2, 0.25) is 11.8 Å². The van der Waals surface area contributed by atoms with E-state index in [-0.39, 0.29) is 17.9 Å². The number of carbonyl (C=O) groups excluding carboxylic acids is 1. The zero-order chi connectivity index (χ0) is 16.7. The third-order valence-corrected chi connectivity index (χ3v) is 5.26. The number of hydrogen-bond acceptors (Lipinski definition) is 5. The lowest BCUT2D eigenvalue weighted by molar-refractivity contribution is -0.140. The van der Waals surface area contributed by atoms with Crippen LogP contribution in [0.2, 0.25) is 0 Å². The van der Waals surface area contributed by atoms with E-state index in [0.717, 1.165) is 51.0 Å². The molecule has 4 rings (SSSR count). The molecule has 2 aromatic rings. The van der Waals surface area contributed by atoms with Gasteiger partial charge in [0.05, 0.1) is 0 Å². The molecule has 0 aliphatic carbocycles. The van der Waals surface area contributed by atoms with E-state index in [1.165, 1.54) is 5.69 Å². The average Bonchev–Trinajstić information content (AvgIpc) is 3.20. The standard InChI is InChI=1S/C17H23N5O2/c1-11-19-16(24-20-11)15-5-3-4-7-22(15)17(23)13-6-8-21-12(2)18-10-14(21)9-13/h10,13,15H,3-9H2,1-2H3. The Kier molecular flexibility index (Phi) is 3.86. The van der Waals surface area contributed by atoms with E-state index < -0.39 is 0 Å². The summed E-state index contributed by atoms with van der Waals surface area (Å²) < 4.78 is 7.58. The first-order chi connectivity index (χ1) is 11.6. The predicted molar refractivity (Wildman–Crippen MR) is 86.1 cm³/mol. The van der Waals surface area contributed by atoms with Gasteiger partial charge in [-0.25, -0.2) is 4.98 Å². The number of fused-ring (bicyclic) bond motifs is 1. The van der Waals surface area contributed by atoms with E-state index in [1.807, 2.05) is 24.9 Å². The van der Waals surface area contributed by atoms with Crippen LogP contribution >= 0.6 is 0 Å². The highest BCUT2D eigenvalue weighted by molar-refractivity contribution is 5.79. The Labute approximate surface area is 141 Å². The van der Waals surface area contributed by atoms with E-state index in [1.54, 1.807) is 0 Å². The molecule has 2 aliphatic rings. The van der Waals surface area contributed by atoms with Gasteiger partial charge in [-0.1, -0.05) is 5.16 Å². The summed E-state index contributed by atoms with van der Waals surface area (Å²) >= 11 is 0.